The Hall–Kier alpha value is -1.05. The highest BCUT2D eigenvalue weighted by molar-refractivity contribution is 7.89. The average molecular weight is 256 g/mol. The van der Waals surface area contributed by atoms with Gasteiger partial charge in [0.15, 0.2) is 5.03 Å². The van der Waals surface area contributed by atoms with Crippen LogP contribution in [-0.2, 0) is 10.0 Å². The molecule has 1 fully saturated rings. The van der Waals surface area contributed by atoms with Crippen LogP contribution in [0.5, 0.6) is 0 Å². The Morgan fingerprint density at radius 3 is 2.88 bits per heavy atom. The summed E-state index contributed by atoms with van der Waals surface area (Å²) in [5.74, 6) is 0. The van der Waals surface area contributed by atoms with E-state index in [9.17, 15) is 8.42 Å². The molecular weight excluding hydrogens is 240 g/mol. The normalized spacial score (nSPS) is 22.5. The molecule has 0 saturated carbocycles. The van der Waals surface area contributed by atoms with Gasteiger partial charge in [-0.15, -0.1) is 0 Å². The summed E-state index contributed by atoms with van der Waals surface area (Å²) >= 11 is 0. The van der Waals surface area contributed by atoms with Crippen LogP contribution in [-0.4, -0.2) is 41.8 Å². The Morgan fingerprint density at radius 2 is 2.24 bits per heavy atom. The van der Waals surface area contributed by atoms with Crippen LogP contribution in [0.1, 0.15) is 19.3 Å². The largest absolute Gasteiger partial charge is 0.329 e. The number of aromatic nitrogens is 2. The molecule has 1 aliphatic heterocycles. The van der Waals surface area contributed by atoms with E-state index in [-0.39, 0.29) is 11.1 Å². The standard InChI is InChI=1S/C10H16N4O2S/c11-7-9-3-1-2-6-14(9)17(15,16)10-8-12-4-5-13-10/h4-5,8-9H,1-3,6-7,11H2/t9-/m0/s1. The van der Waals surface area contributed by atoms with Gasteiger partial charge in [-0.1, -0.05) is 6.42 Å². The van der Waals surface area contributed by atoms with E-state index in [1.807, 2.05) is 0 Å². The quantitative estimate of drug-likeness (QED) is 0.821. The fourth-order valence-electron chi connectivity index (χ4n) is 2.06. The monoisotopic (exact) mass is 256 g/mol. The van der Waals surface area contributed by atoms with E-state index in [1.165, 1.54) is 22.9 Å². The maximum atomic E-state index is 12.3. The van der Waals surface area contributed by atoms with Gasteiger partial charge in [-0.3, -0.25) is 4.98 Å². The van der Waals surface area contributed by atoms with Gasteiger partial charge in [0.05, 0.1) is 6.20 Å². The molecule has 1 aromatic rings. The van der Waals surface area contributed by atoms with E-state index in [4.69, 9.17) is 5.73 Å². The van der Waals surface area contributed by atoms with E-state index in [2.05, 4.69) is 9.97 Å². The molecule has 1 atom stereocenters. The summed E-state index contributed by atoms with van der Waals surface area (Å²) in [5, 5.41) is 0.000324. The van der Waals surface area contributed by atoms with Gasteiger partial charge in [-0.05, 0) is 12.8 Å². The molecule has 7 heteroatoms. The molecule has 6 nitrogen and oxygen atoms in total. The number of hydrogen-bond acceptors (Lipinski definition) is 5. The molecule has 0 spiro atoms. The third kappa shape index (κ3) is 2.46. The molecule has 0 bridgehead atoms. The Bertz CT molecular complexity index is 462. The van der Waals surface area contributed by atoms with Crippen LogP contribution in [0.15, 0.2) is 23.6 Å². The predicted octanol–water partition coefficient (Wildman–Crippen LogP) is -0.0215. The van der Waals surface area contributed by atoms with Crippen LogP contribution >= 0.6 is 0 Å². The fraction of sp³-hybridized carbons (Fsp3) is 0.600. The highest BCUT2D eigenvalue weighted by Gasteiger charge is 2.33. The second-order valence-corrected chi connectivity index (χ2v) is 5.88. The van der Waals surface area contributed by atoms with Crippen molar-refractivity contribution in [2.24, 2.45) is 5.73 Å². The first-order valence-corrected chi connectivity index (χ1v) is 7.08. The van der Waals surface area contributed by atoms with Crippen molar-refractivity contribution >= 4 is 10.0 Å². The third-order valence-electron chi connectivity index (χ3n) is 2.96. The van der Waals surface area contributed by atoms with Gasteiger partial charge in [-0.25, -0.2) is 13.4 Å². The van der Waals surface area contributed by atoms with Crippen LogP contribution < -0.4 is 5.73 Å². The van der Waals surface area contributed by atoms with E-state index in [0.717, 1.165) is 19.3 Å². The summed E-state index contributed by atoms with van der Waals surface area (Å²) in [6.45, 7) is 0.861. The highest BCUT2D eigenvalue weighted by Crippen LogP contribution is 2.23. The van der Waals surface area contributed by atoms with Gasteiger partial charge >= 0.3 is 0 Å². The Labute approximate surface area is 101 Å². The minimum atomic E-state index is -3.54. The van der Waals surface area contributed by atoms with E-state index in [0.29, 0.717) is 13.1 Å². The molecule has 1 aliphatic rings. The third-order valence-corrected chi connectivity index (χ3v) is 4.80. The van der Waals surface area contributed by atoms with Gasteiger partial charge in [0.1, 0.15) is 0 Å². The van der Waals surface area contributed by atoms with Crippen molar-refractivity contribution < 1.29 is 8.42 Å². The minimum absolute atomic E-state index is 0.000324. The summed E-state index contributed by atoms with van der Waals surface area (Å²) in [6.07, 6.45) is 6.82. The summed E-state index contributed by atoms with van der Waals surface area (Å²) in [7, 11) is -3.54. The topological polar surface area (TPSA) is 89.2 Å². The van der Waals surface area contributed by atoms with Crippen molar-refractivity contribution in [3.8, 4) is 0 Å². The number of rotatable bonds is 3. The molecule has 17 heavy (non-hydrogen) atoms. The van der Waals surface area contributed by atoms with E-state index >= 15 is 0 Å². The molecule has 1 aromatic heterocycles. The number of hydrogen-bond donors (Lipinski definition) is 1. The maximum absolute atomic E-state index is 12.3. The Morgan fingerprint density at radius 1 is 1.41 bits per heavy atom. The van der Waals surface area contributed by atoms with Crippen molar-refractivity contribution in [1.82, 2.24) is 14.3 Å². The van der Waals surface area contributed by atoms with Crippen molar-refractivity contribution in [2.45, 2.75) is 30.3 Å². The zero-order valence-corrected chi connectivity index (χ0v) is 10.3. The number of piperidine rings is 1. The second kappa shape index (κ2) is 5.07. The lowest BCUT2D eigenvalue weighted by Crippen LogP contribution is -2.47. The van der Waals surface area contributed by atoms with Gasteiger partial charge < -0.3 is 5.73 Å². The maximum Gasteiger partial charge on any atom is 0.262 e. The fourth-order valence-corrected chi connectivity index (χ4v) is 3.65. The van der Waals surface area contributed by atoms with Crippen molar-refractivity contribution in [3.63, 3.8) is 0 Å². The van der Waals surface area contributed by atoms with Gasteiger partial charge in [-0.2, -0.15) is 4.31 Å². The first-order valence-electron chi connectivity index (χ1n) is 5.64. The predicted molar refractivity (Wildman–Crippen MR) is 62.6 cm³/mol. The molecule has 2 heterocycles. The average Bonchev–Trinajstić information content (AvgIpc) is 2.39. The molecular formula is C10H16N4O2S. The lowest BCUT2D eigenvalue weighted by molar-refractivity contribution is 0.257. The SMILES string of the molecule is NC[C@@H]1CCCCN1S(=O)(=O)c1cnccn1. The van der Waals surface area contributed by atoms with Crippen molar-refractivity contribution in [1.29, 1.82) is 0 Å². The minimum Gasteiger partial charge on any atom is -0.329 e. The van der Waals surface area contributed by atoms with Gasteiger partial charge in [0.2, 0.25) is 0 Å². The summed E-state index contributed by atoms with van der Waals surface area (Å²) < 4.78 is 26.1. The summed E-state index contributed by atoms with van der Waals surface area (Å²) in [4.78, 5) is 7.66. The number of nitrogens with zero attached hydrogens (tertiary/aromatic N) is 3. The zero-order valence-electron chi connectivity index (χ0n) is 9.49. The zero-order chi connectivity index (χ0) is 12.3. The molecule has 0 aromatic carbocycles. The molecule has 2 rings (SSSR count). The van der Waals surface area contributed by atoms with Crippen LogP contribution in [0, 0.1) is 0 Å². The molecule has 0 radical (unpaired) electrons. The van der Waals surface area contributed by atoms with Gasteiger partial charge in [0.25, 0.3) is 10.0 Å². The molecule has 2 N–H and O–H groups in total. The molecule has 0 amide bonds. The van der Waals surface area contributed by atoms with Crippen LogP contribution in [0.2, 0.25) is 0 Å². The first kappa shape index (κ1) is 12.4. The lowest BCUT2D eigenvalue weighted by atomic mass is 10.1. The Balaban J connectivity index is 2.31. The molecule has 1 saturated heterocycles. The molecule has 0 unspecified atom stereocenters. The summed E-state index contributed by atoms with van der Waals surface area (Å²) in [6, 6.07) is -0.115. The van der Waals surface area contributed by atoms with Gasteiger partial charge in [0, 0.05) is 31.5 Å². The number of nitrogens with two attached hydrogens (primary N) is 1. The lowest BCUT2D eigenvalue weighted by Gasteiger charge is -2.33. The van der Waals surface area contributed by atoms with Crippen LogP contribution in [0.3, 0.4) is 0 Å². The summed E-state index contributed by atoms with van der Waals surface area (Å²) in [5.41, 5.74) is 5.63. The molecule has 0 aliphatic carbocycles. The van der Waals surface area contributed by atoms with E-state index in [1.54, 1.807) is 0 Å². The smallest absolute Gasteiger partial charge is 0.262 e. The van der Waals surface area contributed by atoms with Crippen molar-refractivity contribution in [2.75, 3.05) is 13.1 Å². The van der Waals surface area contributed by atoms with E-state index < -0.39 is 10.0 Å². The Kier molecular flexibility index (Phi) is 3.70. The van der Waals surface area contributed by atoms with Crippen LogP contribution in [0.4, 0.5) is 0 Å². The second-order valence-electron chi connectivity index (χ2n) is 4.04. The first-order chi connectivity index (χ1) is 8.16. The highest BCUT2D eigenvalue weighted by atomic mass is 32.2. The molecule has 94 valence electrons. The van der Waals surface area contributed by atoms with Crippen LogP contribution in [0.25, 0.3) is 0 Å². The van der Waals surface area contributed by atoms with Crippen molar-refractivity contribution in [3.05, 3.63) is 18.6 Å². The number of sulfonamides is 1.